The summed E-state index contributed by atoms with van der Waals surface area (Å²) in [6.45, 7) is 5.02. The number of hydrogen-bond acceptors (Lipinski definition) is 2. The molecule has 0 unspecified atom stereocenters. The fraction of sp³-hybridized carbons (Fsp3) is 0.455. The van der Waals surface area contributed by atoms with Gasteiger partial charge in [-0.25, -0.2) is 0 Å². The molecule has 13 heavy (non-hydrogen) atoms. The molecule has 0 bridgehead atoms. The molecule has 2 heteroatoms. The van der Waals surface area contributed by atoms with E-state index in [1.807, 2.05) is 19.9 Å². The Labute approximate surface area is 79.6 Å². The number of benzene rings is 1. The van der Waals surface area contributed by atoms with Crippen molar-refractivity contribution in [1.29, 1.82) is 0 Å². The Bertz CT molecular complexity index is 271. The molecule has 0 amide bonds. The van der Waals surface area contributed by atoms with E-state index in [1.165, 1.54) is 12.0 Å². The zero-order valence-electron chi connectivity index (χ0n) is 8.30. The van der Waals surface area contributed by atoms with E-state index in [2.05, 4.69) is 5.32 Å². The first kappa shape index (κ1) is 9.90. The maximum absolute atomic E-state index is 9.15. The van der Waals surface area contributed by atoms with Gasteiger partial charge in [0, 0.05) is 18.3 Å². The third kappa shape index (κ3) is 2.38. The minimum atomic E-state index is 0.346. The van der Waals surface area contributed by atoms with Crippen molar-refractivity contribution < 1.29 is 5.11 Å². The van der Waals surface area contributed by atoms with Crippen molar-refractivity contribution in [2.24, 2.45) is 0 Å². The minimum absolute atomic E-state index is 0.346. The predicted octanol–water partition coefficient (Wildman–Crippen LogP) is 2.78. The number of fused-ring (bicyclic) bond motifs is 1. The SMILES string of the molecule is CC.Oc1ccc2c(c1)NCCC2. The smallest absolute Gasteiger partial charge is 0.117 e. The Morgan fingerprint density at radius 3 is 2.85 bits per heavy atom. The molecular formula is C11H17NO. The highest BCUT2D eigenvalue weighted by Gasteiger charge is 2.07. The number of aryl methyl sites for hydroxylation is 1. The van der Waals surface area contributed by atoms with Gasteiger partial charge in [0.25, 0.3) is 0 Å². The van der Waals surface area contributed by atoms with Crippen LogP contribution < -0.4 is 5.32 Å². The Morgan fingerprint density at radius 1 is 1.31 bits per heavy atom. The van der Waals surface area contributed by atoms with E-state index in [-0.39, 0.29) is 0 Å². The molecule has 0 radical (unpaired) electrons. The largest absolute Gasteiger partial charge is 0.508 e. The van der Waals surface area contributed by atoms with E-state index < -0.39 is 0 Å². The monoisotopic (exact) mass is 179 g/mol. The highest BCUT2D eigenvalue weighted by molar-refractivity contribution is 5.56. The second-order valence-corrected chi connectivity index (χ2v) is 2.87. The van der Waals surface area contributed by atoms with Gasteiger partial charge in [-0.2, -0.15) is 0 Å². The Morgan fingerprint density at radius 2 is 2.08 bits per heavy atom. The van der Waals surface area contributed by atoms with Crippen LogP contribution in [0.3, 0.4) is 0 Å². The summed E-state index contributed by atoms with van der Waals surface area (Å²) in [5.74, 6) is 0.346. The highest BCUT2D eigenvalue weighted by atomic mass is 16.3. The molecule has 1 aliphatic heterocycles. The molecule has 0 saturated heterocycles. The zero-order chi connectivity index (χ0) is 9.68. The lowest BCUT2D eigenvalue weighted by molar-refractivity contribution is 0.475. The summed E-state index contributed by atoms with van der Waals surface area (Å²) in [7, 11) is 0. The first-order chi connectivity index (χ1) is 6.36. The van der Waals surface area contributed by atoms with Gasteiger partial charge in [0.05, 0.1) is 0 Å². The van der Waals surface area contributed by atoms with Gasteiger partial charge in [-0.05, 0) is 24.5 Å². The second-order valence-electron chi connectivity index (χ2n) is 2.87. The summed E-state index contributed by atoms with van der Waals surface area (Å²) in [6, 6.07) is 5.51. The summed E-state index contributed by atoms with van der Waals surface area (Å²) >= 11 is 0. The van der Waals surface area contributed by atoms with Crippen LogP contribution in [0.2, 0.25) is 0 Å². The summed E-state index contributed by atoms with van der Waals surface area (Å²) in [5.41, 5.74) is 2.41. The summed E-state index contributed by atoms with van der Waals surface area (Å²) in [5, 5.41) is 12.4. The van der Waals surface area contributed by atoms with Crippen LogP contribution in [0.5, 0.6) is 5.75 Å². The first-order valence-electron chi connectivity index (χ1n) is 4.92. The number of hydrogen-bond donors (Lipinski definition) is 2. The van der Waals surface area contributed by atoms with Gasteiger partial charge < -0.3 is 10.4 Å². The normalized spacial score (nSPS) is 13.4. The topological polar surface area (TPSA) is 32.3 Å². The number of phenolic OH excluding ortho intramolecular Hbond substituents is 1. The average molecular weight is 179 g/mol. The lowest BCUT2D eigenvalue weighted by Gasteiger charge is -2.17. The van der Waals surface area contributed by atoms with Gasteiger partial charge in [0.15, 0.2) is 0 Å². The molecule has 0 atom stereocenters. The summed E-state index contributed by atoms with van der Waals surface area (Å²) in [4.78, 5) is 0. The molecule has 0 fully saturated rings. The van der Waals surface area contributed by atoms with E-state index in [0.717, 1.165) is 18.7 Å². The van der Waals surface area contributed by atoms with Crippen molar-refractivity contribution in [3.05, 3.63) is 23.8 Å². The number of anilines is 1. The fourth-order valence-corrected chi connectivity index (χ4v) is 1.45. The molecule has 0 aromatic heterocycles. The molecule has 0 spiro atoms. The number of nitrogens with one attached hydrogen (secondary N) is 1. The van der Waals surface area contributed by atoms with Gasteiger partial charge in [0.2, 0.25) is 0 Å². The van der Waals surface area contributed by atoms with Crippen molar-refractivity contribution >= 4 is 5.69 Å². The molecule has 2 nitrogen and oxygen atoms in total. The van der Waals surface area contributed by atoms with Gasteiger partial charge >= 0.3 is 0 Å². The maximum atomic E-state index is 9.15. The molecule has 0 saturated carbocycles. The van der Waals surface area contributed by atoms with Crippen LogP contribution in [0.1, 0.15) is 25.8 Å². The standard InChI is InChI=1S/C9H11NO.C2H6/c11-8-4-3-7-2-1-5-10-9(7)6-8;1-2/h3-4,6,10-11H,1-2,5H2;1-2H3. The third-order valence-electron chi connectivity index (χ3n) is 2.03. The average Bonchev–Trinajstić information content (AvgIpc) is 2.21. The van der Waals surface area contributed by atoms with Gasteiger partial charge in [-0.3, -0.25) is 0 Å². The molecule has 2 rings (SSSR count). The third-order valence-corrected chi connectivity index (χ3v) is 2.03. The molecule has 0 aliphatic carbocycles. The number of rotatable bonds is 0. The lowest BCUT2D eigenvalue weighted by atomic mass is 10.0. The lowest BCUT2D eigenvalue weighted by Crippen LogP contribution is -2.10. The molecule has 72 valence electrons. The Balaban J connectivity index is 0.000000396. The molecule has 2 N–H and O–H groups in total. The van der Waals surface area contributed by atoms with Crippen LogP contribution in [0.15, 0.2) is 18.2 Å². The molecule has 1 aromatic carbocycles. The zero-order valence-corrected chi connectivity index (χ0v) is 8.30. The van der Waals surface area contributed by atoms with Crippen molar-refractivity contribution in [2.45, 2.75) is 26.7 Å². The minimum Gasteiger partial charge on any atom is -0.508 e. The van der Waals surface area contributed by atoms with E-state index in [4.69, 9.17) is 5.11 Å². The summed E-state index contributed by atoms with van der Waals surface area (Å²) < 4.78 is 0. The molecular weight excluding hydrogens is 162 g/mol. The maximum Gasteiger partial charge on any atom is 0.117 e. The van der Waals surface area contributed by atoms with E-state index in [0.29, 0.717) is 5.75 Å². The van der Waals surface area contributed by atoms with Crippen LogP contribution in [-0.4, -0.2) is 11.7 Å². The molecule has 1 aromatic rings. The van der Waals surface area contributed by atoms with E-state index >= 15 is 0 Å². The van der Waals surface area contributed by atoms with E-state index in [1.54, 1.807) is 12.1 Å². The van der Waals surface area contributed by atoms with Crippen LogP contribution in [-0.2, 0) is 6.42 Å². The van der Waals surface area contributed by atoms with Gasteiger partial charge in [-0.1, -0.05) is 19.9 Å². The highest BCUT2D eigenvalue weighted by Crippen LogP contribution is 2.25. The van der Waals surface area contributed by atoms with Crippen LogP contribution in [0, 0.1) is 0 Å². The number of phenols is 1. The van der Waals surface area contributed by atoms with Crippen molar-refractivity contribution in [3.8, 4) is 5.75 Å². The predicted molar refractivity (Wildman–Crippen MR) is 56.3 cm³/mol. The first-order valence-corrected chi connectivity index (χ1v) is 4.92. The molecule has 1 heterocycles. The second kappa shape index (κ2) is 4.75. The van der Waals surface area contributed by atoms with Crippen LogP contribution >= 0.6 is 0 Å². The van der Waals surface area contributed by atoms with Crippen molar-refractivity contribution in [3.63, 3.8) is 0 Å². The van der Waals surface area contributed by atoms with E-state index in [9.17, 15) is 0 Å². The van der Waals surface area contributed by atoms with Gasteiger partial charge in [0.1, 0.15) is 5.75 Å². The van der Waals surface area contributed by atoms with Crippen molar-refractivity contribution in [1.82, 2.24) is 0 Å². The Kier molecular flexibility index (Phi) is 3.62. The fourth-order valence-electron chi connectivity index (χ4n) is 1.45. The summed E-state index contributed by atoms with van der Waals surface area (Å²) in [6.07, 6.45) is 2.32. The van der Waals surface area contributed by atoms with Crippen molar-refractivity contribution in [2.75, 3.05) is 11.9 Å². The van der Waals surface area contributed by atoms with Crippen LogP contribution in [0.4, 0.5) is 5.69 Å². The molecule has 1 aliphatic rings. The number of aromatic hydroxyl groups is 1. The van der Waals surface area contributed by atoms with Gasteiger partial charge in [-0.15, -0.1) is 0 Å². The van der Waals surface area contributed by atoms with Crippen LogP contribution in [0.25, 0.3) is 0 Å². The quantitative estimate of drug-likeness (QED) is 0.642. The Hall–Kier alpha value is -1.18.